The summed E-state index contributed by atoms with van der Waals surface area (Å²) in [4.78, 5) is 4.35. The monoisotopic (exact) mass is 296 g/mol. The van der Waals surface area contributed by atoms with Crippen molar-refractivity contribution in [2.45, 2.75) is 26.8 Å². The van der Waals surface area contributed by atoms with Crippen LogP contribution in [0.2, 0.25) is 0 Å². The fourth-order valence-corrected chi connectivity index (χ4v) is 1.63. The van der Waals surface area contributed by atoms with Gasteiger partial charge in [-0.1, -0.05) is 13.8 Å². The molecule has 21 heavy (non-hydrogen) atoms. The molecule has 0 aromatic carbocycles. The molecule has 1 aromatic rings. The molecule has 0 unspecified atom stereocenters. The Hall–Kier alpha value is -1.17. The molecule has 0 aliphatic heterocycles. The quantitative estimate of drug-likeness (QED) is 0.600. The molecule has 0 amide bonds. The third-order valence-electron chi connectivity index (χ3n) is 2.92. The van der Waals surface area contributed by atoms with Crippen LogP contribution in [0.15, 0.2) is 18.3 Å². The second kappa shape index (κ2) is 11.5. The maximum absolute atomic E-state index is 5.58. The molecule has 5 heteroatoms. The molecule has 1 heterocycles. The second-order valence-electron chi connectivity index (χ2n) is 5.30. The minimum absolute atomic E-state index is 0.561. The molecule has 5 nitrogen and oxygen atoms in total. The maximum Gasteiger partial charge on any atom is 0.137 e. The largest absolute Gasteiger partial charge is 0.490 e. The van der Waals surface area contributed by atoms with E-state index in [1.165, 1.54) is 0 Å². The first kappa shape index (κ1) is 17.9. The van der Waals surface area contributed by atoms with Gasteiger partial charge in [0.25, 0.3) is 0 Å². The number of nitrogens with one attached hydrogen (secondary N) is 1. The predicted octanol–water partition coefficient (Wildman–Crippen LogP) is 2.26. The SMILES string of the molecule is COCCNCc1ccc(OCCOCCC(C)C)cn1. The van der Waals surface area contributed by atoms with Gasteiger partial charge in [-0.3, -0.25) is 4.98 Å². The van der Waals surface area contributed by atoms with Crippen LogP contribution in [0.25, 0.3) is 0 Å². The molecule has 1 aromatic heterocycles. The summed E-state index contributed by atoms with van der Waals surface area (Å²) in [5.41, 5.74) is 0.992. The number of ether oxygens (including phenoxy) is 3. The molecule has 0 saturated heterocycles. The minimum Gasteiger partial charge on any atom is -0.490 e. The normalized spacial score (nSPS) is 11.0. The average Bonchev–Trinajstić information content (AvgIpc) is 2.48. The fraction of sp³-hybridized carbons (Fsp3) is 0.688. The van der Waals surface area contributed by atoms with E-state index >= 15 is 0 Å². The van der Waals surface area contributed by atoms with Gasteiger partial charge in [-0.15, -0.1) is 0 Å². The van der Waals surface area contributed by atoms with E-state index in [4.69, 9.17) is 14.2 Å². The zero-order chi connectivity index (χ0) is 15.3. The van der Waals surface area contributed by atoms with Gasteiger partial charge in [-0.05, 0) is 24.5 Å². The van der Waals surface area contributed by atoms with Gasteiger partial charge in [0.05, 0.1) is 25.1 Å². The highest BCUT2D eigenvalue weighted by molar-refractivity contribution is 5.19. The van der Waals surface area contributed by atoms with Crippen LogP contribution in [0.3, 0.4) is 0 Å². The minimum atomic E-state index is 0.561. The summed E-state index contributed by atoms with van der Waals surface area (Å²) in [6, 6.07) is 3.91. The van der Waals surface area contributed by atoms with E-state index in [0.717, 1.165) is 37.6 Å². The summed E-state index contributed by atoms with van der Waals surface area (Å²) < 4.78 is 16.1. The highest BCUT2D eigenvalue weighted by atomic mass is 16.5. The van der Waals surface area contributed by atoms with Crippen molar-refractivity contribution >= 4 is 0 Å². The average molecular weight is 296 g/mol. The number of hydrogen-bond acceptors (Lipinski definition) is 5. The van der Waals surface area contributed by atoms with Gasteiger partial charge in [0.2, 0.25) is 0 Å². The van der Waals surface area contributed by atoms with E-state index in [9.17, 15) is 0 Å². The molecular weight excluding hydrogens is 268 g/mol. The standard InChI is InChI=1S/C16H28N2O3/c1-14(2)6-8-20-10-11-21-16-5-4-15(18-13-16)12-17-7-9-19-3/h4-5,13-14,17H,6-12H2,1-3H3. The lowest BCUT2D eigenvalue weighted by atomic mass is 10.1. The van der Waals surface area contributed by atoms with Crippen LogP contribution in [0, 0.1) is 5.92 Å². The van der Waals surface area contributed by atoms with Crippen LogP contribution in [0.1, 0.15) is 26.0 Å². The number of nitrogens with zero attached hydrogens (tertiary/aromatic N) is 1. The highest BCUT2D eigenvalue weighted by Gasteiger charge is 1.98. The Morgan fingerprint density at radius 1 is 1.14 bits per heavy atom. The van der Waals surface area contributed by atoms with Crippen molar-refractivity contribution in [3.8, 4) is 5.75 Å². The molecular formula is C16H28N2O3. The lowest BCUT2D eigenvalue weighted by molar-refractivity contribution is 0.0924. The molecule has 0 saturated carbocycles. The first-order valence-corrected chi connectivity index (χ1v) is 7.57. The number of hydrogen-bond donors (Lipinski definition) is 1. The molecule has 0 fully saturated rings. The first-order chi connectivity index (χ1) is 10.2. The lowest BCUT2D eigenvalue weighted by Crippen LogP contribution is -2.19. The fourth-order valence-electron chi connectivity index (χ4n) is 1.63. The van der Waals surface area contributed by atoms with E-state index in [-0.39, 0.29) is 0 Å². The Balaban J connectivity index is 2.10. The zero-order valence-electron chi connectivity index (χ0n) is 13.4. The number of rotatable bonds is 12. The lowest BCUT2D eigenvalue weighted by Gasteiger charge is -2.09. The van der Waals surface area contributed by atoms with Gasteiger partial charge in [-0.2, -0.15) is 0 Å². The Kier molecular flexibility index (Phi) is 9.78. The van der Waals surface area contributed by atoms with Crippen LogP contribution in [-0.2, 0) is 16.0 Å². The predicted molar refractivity (Wildman–Crippen MR) is 83.6 cm³/mol. The van der Waals surface area contributed by atoms with Crippen LogP contribution in [-0.4, -0.2) is 45.1 Å². The molecule has 0 radical (unpaired) electrons. The molecule has 0 bridgehead atoms. The van der Waals surface area contributed by atoms with E-state index < -0.39 is 0 Å². The number of pyridine rings is 1. The van der Waals surface area contributed by atoms with Crippen LogP contribution in [0.4, 0.5) is 0 Å². The second-order valence-corrected chi connectivity index (χ2v) is 5.30. The topological polar surface area (TPSA) is 52.6 Å². The Morgan fingerprint density at radius 2 is 2.00 bits per heavy atom. The van der Waals surface area contributed by atoms with E-state index in [0.29, 0.717) is 25.7 Å². The first-order valence-electron chi connectivity index (χ1n) is 7.57. The van der Waals surface area contributed by atoms with Crippen molar-refractivity contribution < 1.29 is 14.2 Å². The van der Waals surface area contributed by atoms with Gasteiger partial charge in [0.15, 0.2) is 0 Å². The van der Waals surface area contributed by atoms with Crippen molar-refractivity contribution in [3.63, 3.8) is 0 Å². The van der Waals surface area contributed by atoms with Crippen molar-refractivity contribution in [2.75, 3.05) is 40.1 Å². The molecule has 0 aliphatic rings. The molecule has 120 valence electrons. The molecule has 0 atom stereocenters. The summed E-state index contributed by atoms with van der Waals surface area (Å²) in [5.74, 6) is 1.46. The number of methoxy groups -OCH3 is 1. The summed E-state index contributed by atoms with van der Waals surface area (Å²) >= 11 is 0. The Bertz CT molecular complexity index is 355. The van der Waals surface area contributed by atoms with Crippen molar-refractivity contribution in [3.05, 3.63) is 24.0 Å². The van der Waals surface area contributed by atoms with Crippen molar-refractivity contribution in [2.24, 2.45) is 5.92 Å². The smallest absolute Gasteiger partial charge is 0.137 e. The van der Waals surface area contributed by atoms with Crippen molar-refractivity contribution in [1.29, 1.82) is 0 Å². The van der Waals surface area contributed by atoms with Gasteiger partial charge >= 0.3 is 0 Å². The maximum atomic E-state index is 5.58. The Labute approximate surface area is 128 Å². The third-order valence-corrected chi connectivity index (χ3v) is 2.92. The zero-order valence-corrected chi connectivity index (χ0v) is 13.4. The molecule has 1 N–H and O–H groups in total. The molecule has 1 rings (SSSR count). The molecule has 0 spiro atoms. The summed E-state index contributed by atoms with van der Waals surface area (Å²) in [6.45, 7) is 8.63. The summed E-state index contributed by atoms with van der Waals surface area (Å²) in [7, 11) is 1.69. The van der Waals surface area contributed by atoms with Crippen LogP contribution < -0.4 is 10.1 Å². The highest BCUT2D eigenvalue weighted by Crippen LogP contribution is 2.09. The van der Waals surface area contributed by atoms with E-state index in [1.54, 1.807) is 13.3 Å². The Morgan fingerprint density at radius 3 is 2.67 bits per heavy atom. The van der Waals surface area contributed by atoms with E-state index in [2.05, 4.69) is 24.1 Å². The van der Waals surface area contributed by atoms with E-state index in [1.807, 2.05) is 12.1 Å². The van der Waals surface area contributed by atoms with Gasteiger partial charge in [-0.25, -0.2) is 0 Å². The summed E-state index contributed by atoms with van der Waals surface area (Å²) in [5, 5.41) is 3.25. The van der Waals surface area contributed by atoms with Gasteiger partial charge in [0.1, 0.15) is 12.4 Å². The van der Waals surface area contributed by atoms with Crippen LogP contribution >= 0.6 is 0 Å². The third kappa shape index (κ3) is 9.39. The van der Waals surface area contributed by atoms with Crippen molar-refractivity contribution in [1.82, 2.24) is 10.3 Å². The summed E-state index contributed by atoms with van der Waals surface area (Å²) in [6.07, 6.45) is 2.84. The number of aromatic nitrogens is 1. The molecule has 0 aliphatic carbocycles. The van der Waals surface area contributed by atoms with Crippen LogP contribution in [0.5, 0.6) is 5.75 Å². The van der Waals surface area contributed by atoms with Gasteiger partial charge < -0.3 is 19.5 Å². The van der Waals surface area contributed by atoms with Gasteiger partial charge in [0, 0.05) is 26.8 Å².